The van der Waals surface area contributed by atoms with E-state index < -0.39 is 6.10 Å². The predicted octanol–water partition coefficient (Wildman–Crippen LogP) is 4.12. The van der Waals surface area contributed by atoms with Crippen LogP contribution in [0, 0.1) is 20.8 Å². The summed E-state index contributed by atoms with van der Waals surface area (Å²) >= 11 is 0. The second kappa shape index (κ2) is 11.6. The van der Waals surface area contributed by atoms with Crippen LogP contribution in [0.5, 0.6) is 5.75 Å². The van der Waals surface area contributed by atoms with Crippen LogP contribution in [-0.4, -0.2) is 65.4 Å². The molecule has 0 saturated carbocycles. The molecule has 4 rings (SSSR count). The first-order valence-corrected chi connectivity index (χ1v) is 12.7. The van der Waals surface area contributed by atoms with Crippen molar-refractivity contribution in [2.75, 3.05) is 44.2 Å². The van der Waals surface area contributed by atoms with Gasteiger partial charge < -0.3 is 14.7 Å². The number of hydrogen-bond acceptors (Lipinski definition) is 6. The van der Waals surface area contributed by atoms with Gasteiger partial charge in [-0.3, -0.25) is 4.90 Å². The van der Waals surface area contributed by atoms with Gasteiger partial charge in [0.25, 0.3) is 0 Å². The summed E-state index contributed by atoms with van der Waals surface area (Å²) in [5.74, 6) is 2.73. The van der Waals surface area contributed by atoms with Gasteiger partial charge in [0, 0.05) is 50.4 Å². The molecule has 3 aromatic rings. The quantitative estimate of drug-likeness (QED) is 0.504. The van der Waals surface area contributed by atoms with Crippen LogP contribution in [0.4, 0.5) is 5.82 Å². The van der Waals surface area contributed by atoms with Crippen molar-refractivity contribution in [3.8, 4) is 5.75 Å². The zero-order chi connectivity index (χ0) is 24.8. The number of piperazine rings is 1. The van der Waals surface area contributed by atoms with Crippen molar-refractivity contribution in [3.05, 3.63) is 82.3 Å². The SMILES string of the molecule is CCc1nc(C)nc(N2CCN(C[C@@H](O)COc3ccccc3C)CC2)c1Cc1ccc(C)cc1. The Morgan fingerprint density at radius 3 is 2.34 bits per heavy atom. The van der Waals surface area contributed by atoms with Gasteiger partial charge in [-0.2, -0.15) is 0 Å². The third kappa shape index (κ3) is 6.59. The van der Waals surface area contributed by atoms with Crippen molar-refractivity contribution < 1.29 is 9.84 Å². The van der Waals surface area contributed by atoms with Crippen LogP contribution in [0.15, 0.2) is 48.5 Å². The van der Waals surface area contributed by atoms with E-state index in [-0.39, 0.29) is 0 Å². The molecule has 1 atom stereocenters. The lowest BCUT2D eigenvalue weighted by Gasteiger charge is -2.37. The third-order valence-electron chi connectivity index (χ3n) is 6.68. The molecule has 0 aliphatic carbocycles. The Labute approximate surface area is 209 Å². The highest BCUT2D eigenvalue weighted by atomic mass is 16.5. The maximum atomic E-state index is 10.6. The zero-order valence-electron chi connectivity index (χ0n) is 21.5. The number of aryl methyl sites for hydroxylation is 4. The van der Waals surface area contributed by atoms with E-state index in [1.807, 2.05) is 38.1 Å². The highest BCUT2D eigenvalue weighted by Crippen LogP contribution is 2.26. The van der Waals surface area contributed by atoms with Crippen LogP contribution < -0.4 is 9.64 Å². The molecule has 1 fully saturated rings. The maximum absolute atomic E-state index is 10.6. The first kappa shape index (κ1) is 25.1. The number of aliphatic hydroxyl groups excluding tert-OH is 1. The van der Waals surface area contributed by atoms with Crippen LogP contribution >= 0.6 is 0 Å². The number of aliphatic hydroxyl groups is 1. The van der Waals surface area contributed by atoms with Crippen molar-refractivity contribution in [2.45, 2.75) is 46.6 Å². The van der Waals surface area contributed by atoms with E-state index in [9.17, 15) is 5.11 Å². The number of nitrogens with zero attached hydrogens (tertiary/aromatic N) is 4. The second-order valence-electron chi connectivity index (χ2n) is 9.55. The van der Waals surface area contributed by atoms with E-state index in [2.05, 4.69) is 47.9 Å². The van der Waals surface area contributed by atoms with Crippen molar-refractivity contribution in [3.63, 3.8) is 0 Å². The van der Waals surface area contributed by atoms with Gasteiger partial charge in [0.1, 0.15) is 30.1 Å². The minimum atomic E-state index is -0.522. The minimum Gasteiger partial charge on any atom is -0.491 e. The molecule has 1 N–H and O–H groups in total. The Morgan fingerprint density at radius 1 is 0.943 bits per heavy atom. The molecule has 1 aromatic heterocycles. The number of ether oxygens (including phenoxy) is 1. The normalized spacial score (nSPS) is 15.3. The molecule has 6 heteroatoms. The number of rotatable bonds is 9. The molecule has 1 aliphatic heterocycles. The van der Waals surface area contributed by atoms with E-state index >= 15 is 0 Å². The fraction of sp³-hybridized carbons (Fsp3) is 0.448. The summed E-state index contributed by atoms with van der Waals surface area (Å²) in [6.07, 6.45) is 1.21. The molecular formula is C29H38N4O2. The first-order chi connectivity index (χ1) is 16.9. The Kier molecular flexibility index (Phi) is 8.37. The van der Waals surface area contributed by atoms with Crippen LogP contribution in [0.25, 0.3) is 0 Å². The topological polar surface area (TPSA) is 61.7 Å². The van der Waals surface area contributed by atoms with Crippen LogP contribution in [0.1, 0.15) is 40.7 Å². The monoisotopic (exact) mass is 474 g/mol. The molecule has 6 nitrogen and oxygen atoms in total. The summed E-state index contributed by atoms with van der Waals surface area (Å²) in [5, 5.41) is 10.6. The molecule has 35 heavy (non-hydrogen) atoms. The van der Waals surface area contributed by atoms with Crippen LogP contribution in [-0.2, 0) is 12.8 Å². The molecule has 0 unspecified atom stereocenters. The molecule has 2 heterocycles. The molecule has 186 valence electrons. The molecule has 0 amide bonds. The first-order valence-electron chi connectivity index (χ1n) is 12.7. The van der Waals surface area contributed by atoms with Crippen molar-refractivity contribution in [1.82, 2.24) is 14.9 Å². The lowest BCUT2D eigenvalue weighted by molar-refractivity contribution is 0.0660. The summed E-state index contributed by atoms with van der Waals surface area (Å²) < 4.78 is 5.84. The predicted molar refractivity (Wildman–Crippen MR) is 141 cm³/mol. The minimum absolute atomic E-state index is 0.302. The molecule has 1 aliphatic rings. The van der Waals surface area contributed by atoms with Gasteiger partial charge in [-0.25, -0.2) is 9.97 Å². The maximum Gasteiger partial charge on any atom is 0.136 e. The summed E-state index contributed by atoms with van der Waals surface area (Å²) in [6, 6.07) is 16.7. The average molecular weight is 475 g/mol. The van der Waals surface area contributed by atoms with Gasteiger partial charge >= 0.3 is 0 Å². The smallest absolute Gasteiger partial charge is 0.136 e. The average Bonchev–Trinajstić information content (AvgIpc) is 2.86. The van der Waals surface area contributed by atoms with Crippen molar-refractivity contribution in [2.24, 2.45) is 0 Å². The number of para-hydroxylation sites is 1. The Bertz CT molecular complexity index is 1110. The lowest BCUT2D eigenvalue weighted by atomic mass is 10.0. The van der Waals surface area contributed by atoms with Gasteiger partial charge in [-0.05, 0) is 44.4 Å². The third-order valence-corrected chi connectivity index (χ3v) is 6.68. The van der Waals surface area contributed by atoms with Crippen LogP contribution in [0.2, 0.25) is 0 Å². The summed E-state index contributed by atoms with van der Waals surface area (Å²) in [6.45, 7) is 12.7. The number of benzene rings is 2. The summed E-state index contributed by atoms with van der Waals surface area (Å²) in [5.41, 5.74) is 6.02. The van der Waals surface area contributed by atoms with Gasteiger partial charge in [-0.1, -0.05) is 55.0 Å². The van der Waals surface area contributed by atoms with Crippen molar-refractivity contribution in [1.29, 1.82) is 0 Å². The van der Waals surface area contributed by atoms with Gasteiger partial charge in [0.2, 0.25) is 0 Å². The van der Waals surface area contributed by atoms with Gasteiger partial charge in [-0.15, -0.1) is 0 Å². The fourth-order valence-electron chi connectivity index (χ4n) is 4.68. The fourth-order valence-corrected chi connectivity index (χ4v) is 4.68. The van der Waals surface area contributed by atoms with E-state index in [4.69, 9.17) is 14.7 Å². The molecule has 0 spiro atoms. The second-order valence-corrected chi connectivity index (χ2v) is 9.55. The Morgan fingerprint density at radius 2 is 1.66 bits per heavy atom. The molecule has 0 radical (unpaired) electrons. The number of anilines is 1. The number of aromatic nitrogens is 2. The molecule has 1 saturated heterocycles. The highest BCUT2D eigenvalue weighted by Gasteiger charge is 2.24. The van der Waals surface area contributed by atoms with E-state index in [0.29, 0.717) is 13.2 Å². The summed E-state index contributed by atoms with van der Waals surface area (Å²) in [4.78, 5) is 14.4. The van der Waals surface area contributed by atoms with E-state index in [0.717, 1.165) is 67.7 Å². The van der Waals surface area contributed by atoms with Crippen molar-refractivity contribution >= 4 is 5.82 Å². The molecule has 2 aromatic carbocycles. The molecule has 0 bridgehead atoms. The lowest BCUT2D eigenvalue weighted by Crippen LogP contribution is -2.49. The Balaban J connectivity index is 1.39. The zero-order valence-corrected chi connectivity index (χ0v) is 21.5. The molecular weight excluding hydrogens is 436 g/mol. The largest absolute Gasteiger partial charge is 0.491 e. The highest BCUT2D eigenvalue weighted by molar-refractivity contribution is 5.52. The number of hydrogen-bond donors (Lipinski definition) is 1. The standard InChI is InChI=1S/C29H38N4O2/c1-5-27-26(18-24-12-10-21(2)11-13-24)29(31-23(4)30-27)33-16-14-32(15-17-33)19-25(34)20-35-28-9-7-6-8-22(28)3/h6-13,25,34H,5,14-20H2,1-4H3/t25-/m1/s1. The summed E-state index contributed by atoms with van der Waals surface area (Å²) in [7, 11) is 0. The van der Waals surface area contributed by atoms with Crippen LogP contribution in [0.3, 0.4) is 0 Å². The van der Waals surface area contributed by atoms with E-state index in [1.165, 1.54) is 16.7 Å². The Hall–Kier alpha value is -2.96. The van der Waals surface area contributed by atoms with E-state index in [1.54, 1.807) is 0 Å². The number of β-amino-alcohol motifs (C(OH)–C–C–N with tert-alkyl or cyclic N) is 1. The van der Waals surface area contributed by atoms with Gasteiger partial charge in [0.15, 0.2) is 0 Å². The van der Waals surface area contributed by atoms with Gasteiger partial charge in [0.05, 0.1) is 0 Å².